The van der Waals surface area contributed by atoms with Crippen LogP contribution >= 0.6 is 0 Å². The molecule has 0 aromatic carbocycles. The van der Waals surface area contributed by atoms with Crippen LogP contribution in [0.5, 0.6) is 0 Å². The SMILES string of the molecule is CCC(C)n1ncc(C(=O)OC)c1C. The molecule has 1 heterocycles. The van der Waals surface area contributed by atoms with Crippen LogP contribution in [0.25, 0.3) is 0 Å². The van der Waals surface area contributed by atoms with Crippen LogP contribution in [0.15, 0.2) is 6.20 Å². The molecular weight excluding hydrogens is 180 g/mol. The van der Waals surface area contributed by atoms with Crippen molar-refractivity contribution in [1.82, 2.24) is 9.78 Å². The molecule has 4 nitrogen and oxygen atoms in total. The first-order chi connectivity index (χ1) is 6.61. The number of ether oxygens (including phenoxy) is 1. The van der Waals surface area contributed by atoms with Gasteiger partial charge in [0.2, 0.25) is 0 Å². The zero-order valence-electron chi connectivity index (χ0n) is 9.07. The van der Waals surface area contributed by atoms with Gasteiger partial charge in [-0.15, -0.1) is 0 Å². The fourth-order valence-electron chi connectivity index (χ4n) is 1.35. The highest BCUT2D eigenvalue weighted by Gasteiger charge is 2.16. The fourth-order valence-corrected chi connectivity index (χ4v) is 1.35. The van der Waals surface area contributed by atoms with Crippen LogP contribution in [0.3, 0.4) is 0 Å². The first kappa shape index (κ1) is 10.8. The van der Waals surface area contributed by atoms with Crippen molar-refractivity contribution < 1.29 is 9.53 Å². The maximum Gasteiger partial charge on any atom is 0.341 e. The predicted octanol–water partition coefficient (Wildman–Crippen LogP) is 1.95. The molecule has 1 rings (SSSR count). The molecule has 0 amide bonds. The van der Waals surface area contributed by atoms with E-state index in [1.165, 1.54) is 7.11 Å². The minimum Gasteiger partial charge on any atom is -0.465 e. The fraction of sp³-hybridized carbons (Fsp3) is 0.600. The summed E-state index contributed by atoms with van der Waals surface area (Å²) in [6, 6.07) is 0.313. The van der Waals surface area contributed by atoms with Crippen molar-refractivity contribution in [2.75, 3.05) is 7.11 Å². The number of hydrogen-bond acceptors (Lipinski definition) is 3. The minimum atomic E-state index is -0.322. The lowest BCUT2D eigenvalue weighted by Gasteiger charge is -2.11. The van der Waals surface area contributed by atoms with Gasteiger partial charge in [-0.05, 0) is 20.3 Å². The third kappa shape index (κ3) is 1.78. The number of rotatable bonds is 3. The van der Waals surface area contributed by atoms with Crippen molar-refractivity contribution in [3.8, 4) is 0 Å². The number of carbonyl (C=O) groups is 1. The average molecular weight is 196 g/mol. The third-order valence-corrected chi connectivity index (χ3v) is 2.46. The summed E-state index contributed by atoms with van der Waals surface area (Å²) in [5.74, 6) is -0.322. The van der Waals surface area contributed by atoms with Crippen molar-refractivity contribution in [3.05, 3.63) is 17.5 Å². The van der Waals surface area contributed by atoms with Gasteiger partial charge in [-0.25, -0.2) is 4.79 Å². The van der Waals surface area contributed by atoms with E-state index in [9.17, 15) is 4.79 Å². The molecule has 0 bridgehead atoms. The van der Waals surface area contributed by atoms with E-state index in [0.717, 1.165) is 12.1 Å². The third-order valence-electron chi connectivity index (χ3n) is 2.46. The van der Waals surface area contributed by atoms with Crippen molar-refractivity contribution in [2.24, 2.45) is 0 Å². The van der Waals surface area contributed by atoms with Crippen molar-refractivity contribution in [1.29, 1.82) is 0 Å². The van der Waals surface area contributed by atoms with Crippen LogP contribution < -0.4 is 0 Å². The second-order valence-corrected chi connectivity index (χ2v) is 3.34. The van der Waals surface area contributed by atoms with E-state index in [4.69, 9.17) is 0 Å². The van der Waals surface area contributed by atoms with E-state index < -0.39 is 0 Å². The summed E-state index contributed by atoms with van der Waals surface area (Å²) in [5.41, 5.74) is 1.42. The predicted molar refractivity (Wildman–Crippen MR) is 53.3 cm³/mol. The Labute approximate surface area is 83.9 Å². The first-order valence-corrected chi connectivity index (χ1v) is 4.74. The average Bonchev–Trinajstić information content (AvgIpc) is 2.58. The molecule has 0 radical (unpaired) electrons. The first-order valence-electron chi connectivity index (χ1n) is 4.74. The molecular formula is C10H16N2O2. The highest BCUT2D eigenvalue weighted by Crippen LogP contribution is 2.15. The Morgan fingerprint density at radius 2 is 2.36 bits per heavy atom. The summed E-state index contributed by atoms with van der Waals surface area (Å²) in [6.07, 6.45) is 2.55. The Kier molecular flexibility index (Phi) is 3.28. The van der Waals surface area contributed by atoms with Gasteiger partial charge in [0.25, 0.3) is 0 Å². The second kappa shape index (κ2) is 4.26. The molecule has 0 aliphatic carbocycles. The summed E-state index contributed by atoms with van der Waals surface area (Å²) in [4.78, 5) is 11.3. The number of methoxy groups -OCH3 is 1. The minimum absolute atomic E-state index is 0.313. The quantitative estimate of drug-likeness (QED) is 0.694. The maximum atomic E-state index is 11.3. The summed E-state index contributed by atoms with van der Waals surface area (Å²) in [6.45, 7) is 6.04. The molecule has 0 aliphatic heterocycles. The maximum absolute atomic E-state index is 11.3. The number of aromatic nitrogens is 2. The molecule has 1 atom stereocenters. The molecule has 0 saturated heterocycles. The van der Waals surface area contributed by atoms with E-state index in [1.54, 1.807) is 6.20 Å². The lowest BCUT2D eigenvalue weighted by molar-refractivity contribution is 0.0599. The lowest BCUT2D eigenvalue weighted by atomic mass is 10.2. The van der Waals surface area contributed by atoms with Gasteiger partial charge in [0.1, 0.15) is 5.56 Å². The van der Waals surface area contributed by atoms with E-state index in [-0.39, 0.29) is 5.97 Å². The van der Waals surface area contributed by atoms with Gasteiger partial charge in [-0.3, -0.25) is 4.68 Å². The van der Waals surface area contributed by atoms with Crippen LogP contribution in [-0.2, 0) is 4.74 Å². The van der Waals surface area contributed by atoms with Crippen LogP contribution in [0.4, 0.5) is 0 Å². The van der Waals surface area contributed by atoms with Crippen molar-refractivity contribution >= 4 is 5.97 Å². The summed E-state index contributed by atoms with van der Waals surface area (Å²) >= 11 is 0. The molecule has 1 unspecified atom stereocenters. The summed E-state index contributed by atoms with van der Waals surface area (Å²) < 4.78 is 6.50. The molecule has 1 aromatic heterocycles. The second-order valence-electron chi connectivity index (χ2n) is 3.34. The van der Waals surface area contributed by atoms with Gasteiger partial charge < -0.3 is 4.74 Å². The van der Waals surface area contributed by atoms with E-state index in [1.807, 2.05) is 11.6 Å². The number of carbonyl (C=O) groups excluding carboxylic acids is 1. The Hall–Kier alpha value is -1.32. The smallest absolute Gasteiger partial charge is 0.341 e. The van der Waals surface area contributed by atoms with Crippen LogP contribution in [0.1, 0.15) is 42.4 Å². The Bertz CT molecular complexity index is 331. The number of nitrogens with zero attached hydrogens (tertiary/aromatic N) is 2. The zero-order chi connectivity index (χ0) is 10.7. The van der Waals surface area contributed by atoms with Gasteiger partial charge in [0.15, 0.2) is 0 Å². The molecule has 14 heavy (non-hydrogen) atoms. The van der Waals surface area contributed by atoms with Gasteiger partial charge >= 0.3 is 5.97 Å². The summed E-state index contributed by atoms with van der Waals surface area (Å²) in [7, 11) is 1.38. The molecule has 0 fully saturated rings. The number of esters is 1. The van der Waals surface area contributed by atoms with Gasteiger partial charge in [-0.2, -0.15) is 5.10 Å². The normalized spacial score (nSPS) is 12.6. The largest absolute Gasteiger partial charge is 0.465 e. The highest BCUT2D eigenvalue weighted by molar-refractivity contribution is 5.90. The Balaban J connectivity index is 3.02. The topological polar surface area (TPSA) is 44.1 Å². The van der Waals surface area contributed by atoms with Crippen molar-refractivity contribution in [3.63, 3.8) is 0 Å². The number of hydrogen-bond donors (Lipinski definition) is 0. The summed E-state index contributed by atoms with van der Waals surface area (Å²) in [5, 5.41) is 4.17. The van der Waals surface area contributed by atoms with E-state index >= 15 is 0 Å². The van der Waals surface area contributed by atoms with Gasteiger partial charge in [0, 0.05) is 6.04 Å². The van der Waals surface area contributed by atoms with Gasteiger partial charge in [-0.1, -0.05) is 6.92 Å². The van der Waals surface area contributed by atoms with Gasteiger partial charge in [0.05, 0.1) is 19.0 Å². The molecule has 0 aliphatic rings. The molecule has 78 valence electrons. The molecule has 1 aromatic rings. The lowest BCUT2D eigenvalue weighted by Crippen LogP contribution is -2.09. The van der Waals surface area contributed by atoms with Crippen LogP contribution in [-0.4, -0.2) is 22.9 Å². The van der Waals surface area contributed by atoms with E-state index in [0.29, 0.717) is 11.6 Å². The molecule has 0 saturated carbocycles. The zero-order valence-corrected chi connectivity index (χ0v) is 9.07. The highest BCUT2D eigenvalue weighted by atomic mass is 16.5. The van der Waals surface area contributed by atoms with E-state index in [2.05, 4.69) is 23.7 Å². The Morgan fingerprint density at radius 3 is 2.86 bits per heavy atom. The van der Waals surface area contributed by atoms with Crippen molar-refractivity contribution in [2.45, 2.75) is 33.2 Å². The molecule has 4 heteroatoms. The monoisotopic (exact) mass is 196 g/mol. The van der Waals surface area contributed by atoms with Crippen LogP contribution in [0, 0.1) is 6.92 Å². The Morgan fingerprint density at radius 1 is 1.71 bits per heavy atom. The standard InChI is InChI=1S/C10H16N2O2/c1-5-7(2)12-8(3)9(6-11-12)10(13)14-4/h6-7H,5H2,1-4H3. The van der Waals surface area contributed by atoms with Crippen LogP contribution in [0.2, 0.25) is 0 Å². The molecule has 0 spiro atoms. The molecule has 0 N–H and O–H groups in total.